The van der Waals surface area contributed by atoms with E-state index < -0.39 is 5.60 Å². The Hall–Kier alpha value is -3.18. The number of benzene rings is 2. The van der Waals surface area contributed by atoms with Crippen LogP contribution in [0.1, 0.15) is 63.0 Å². The van der Waals surface area contributed by atoms with Crippen molar-refractivity contribution >= 4 is 11.5 Å². The van der Waals surface area contributed by atoms with Crippen LogP contribution in [0.25, 0.3) is 16.8 Å². The van der Waals surface area contributed by atoms with E-state index in [1.54, 1.807) is 0 Å². The number of nitrogens with zero attached hydrogens (tertiary/aromatic N) is 2. The van der Waals surface area contributed by atoms with E-state index in [2.05, 4.69) is 84.5 Å². The van der Waals surface area contributed by atoms with Crippen LogP contribution >= 0.6 is 0 Å². The summed E-state index contributed by atoms with van der Waals surface area (Å²) in [5.41, 5.74) is 5.68. The van der Waals surface area contributed by atoms with Crippen molar-refractivity contribution in [3.8, 4) is 11.3 Å². The van der Waals surface area contributed by atoms with E-state index in [-0.39, 0.29) is 17.8 Å². The lowest BCUT2D eigenvalue weighted by atomic mass is 9.60. The monoisotopic (exact) mass is 525 g/mol. The molecule has 3 aliphatic carbocycles. The molecular formula is C34H43N3O2. The molecule has 206 valence electrons. The lowest BCUT2D eigenvalue weighted by Gasteiger charge is -2.50. The number of aryl methyl sites for hydroxylation is 2. The molecule has 1 N–H and O–H groups in total. The number of imidazole rings is 1. The molecule has 1 saturated carbocycles. The van der Waals surface area contributed by atoms with Gasteiger partial charge in [0.2, 0.25) is 0 Å². The van der Waals surface area contributed by atoms with Gasteiger partial charge in [0.15, 0.2) is 0 Å². The summed E-state index contributed by atoms with van der Waals surface area (Å²) >= 11 is 0. The molecular weight excluding hydrogens is 482 g/mol. The molecule has 3 atom stereocenters. The van der Waals surface area contributed by atoms with Gasteiger partial charge in [-0.2, -0.15) is 0 Å². The predicted octanol–water partition coefficient (Wildman–Crippen LogP) is 7.09. The lowest BCUT2D eigenvalue weighted by Crippen LogP contribution is -2.51. The van der Waals surface area contributed by atoms with E-state index in [4.69, 9.17) is 9.72 Å². The SMILES string of the molecule is Cc1[nH]c(CCCN(C)CCC2(OC(=O)C(C)C)CC3CCC2C=C3c2ccccc2)nc1-c1ccccc1. The normalized spacial score (nSPS) is 22.4. The van der Waals surface area contributed by atoms with Gasteiger partial charge in [-0.1, -0.05) is 80.6 Å². The summed E-state index contributed by atoms with van der Waals surface area (Å²) in [5.74, 6) is 1.59. The Morgan fingerprint density at radius 3 is 2.38 bits per heavy atom. The first-order valence-corrected chi connectivity index (χ1v) is 14.6. The average Bonchev–Trinajstić information content (AvgIpc) is 3.33. The topological polar surface area (TPSA) is 58.2 Å². The molecule has 5 heteroatoms. The Labute approximate surface area is 233 Å². The minimum absolute atomic E-state index is 0.0673. The van der Waals surface area contributed by atoms with Crippen LogP contribution < -0.4 is 0 Å². The van der Waals surface area contributed by atoms with Gasteiger partial charge in [0.05, 0.1) is 11.6 Å². The first kappa shape index (κ1) is 27.4. The first-order chi connectivity index (χ1) is 18.8. The highest BCUT2D eigenvalue weighted by Gasteiger charge is 2.50. The van der Waals surface area contributed by atoms with Gasteiger partial charge < -0.3 is 14.6 Å². The maximum absolute atomic E-state index is 12.9. The molecule has 0 saturated heterocycles. The van der Waals surface area contributed by atoms with E-state index in [0.29, 0.717) is 5.92 Å². The Balaban J connectivity index is 1.21. The van der Waals surface area contributed by atoms with Crippen molar-refractivity contribution in [2.45, 2.75) is 64.9 Å². The van der Waals surface area contributed by atoms with Crippen LogP contribution in [-0.4, -0.2) is 46.6 Å². The van der Waals surface area contributed by atoms with Crippen molar-refractivity contribution < 1.29 is 9.53 Å². The first-order valence-electron chi connectivity index (χ1n) is 14.6. The number of hydrogen-bond acceptors (Lipinski definition) is 4. The van der Waals surface area contributed by atoms with Crippen LogP contribution in [0.15, 0.2) is 66.7 Å². The second-order valence-corrected chi connectivity index (χ2v) is 11.9. The van der Waals surface area contributed by atoms with Crippen molar-refractivity contribution in [3.05, 3.63) is 83.8 Å². The van der Waals surface area contributed by atoms with E-state index in [0.717, 1.165) is 68.0 Å². The number of carbonyl (C=O) groups excluding carboxylic acids is 1. The summed E-state index contributed by atoms with van der Waals surface area (Å²) in [6.45, 7) is 7.86. The summed E-state index contributed by atoms with van der Waals surface area (Å²) in [5, 5.41) is 0. The number of H-pyrrole nitrogens is 1. The van der Waals surface area contributed by atoms with Crippen molar-refractivity contribution in [3.63, 3.8) is 0 Å². The highest BCUT2D eigenvalue weighted by atomic mass is 16.6. The van der Waals surface area contributed by atoms with Gasteiger partial charge in [-0.3, -0.25) is 4.79 Å². The highest BCUT2D eigenvalue weighted by molar-refractivity contribution is 5.74. The molecule has 2 bridgehead atoms. The Morgan fingerprint density at radius 1 is 1.05 bits per heavy atom. The minimum Gasteiger partial charge on any atom is -0.458 e. The van der Waals surface area contributed by atoms with Crippen LogP contribution in [0.2, 0.25) is 0 Å². The van der Waals surface area contributed by atoms with Crippen molar-refractivity contribution in [2.24, 2.45) is 17.8 Å². The lowest BCUT2D eigenvalue weighted by molar-refractivity contribution is -0.176. The summed E-state index contributed by atoms with van der Waals surface area (Å²) in [7, 11) is 2.19. The van der Waals surface area contributed by atoms with Crippen LogP contribution in [0.4, 0.5) is 0 Å². The van der Waals surface area contributed by atoms with Crippen LogP contribution in [0, 0.1) is 24.7 Å². The van der Waals surface area contributed by atoms with Gasteiger partial charge >= 0.3 is 5.97 Å². The Morgan fingerprint density at radius 2 is 1.74 bits per heavy atom. The average molecular weight is 526 g/mol. The minimum atomic E-state index is -0.403. The number of rotatable bonds is 11. The molecule has 5 nitrogen and oxygen atoms in total. The predicted molar refractivity (Wildman–Crippen MR) is 158 cm³/mol. The van der Waals surface area contributed by atoms with Crippen LogP contribution in [-0.2, 0) is 16.0 Å². The molecule has 3 aliphatic rings. The summed E-state index contributed by atoms with van der Waals surface area (Å²) in [6, 6.07) is 21.1. The molecule has 1 heterocycles. The smallest absolute Gasteiger partial charge is 0.308 e. The van der Waals surface area contributed by atoms with Crippen LogP contribution in [0.5, 0.6) is 0 Å². The van der Waals surface area contributed by atoms with Crippen molar-refractivity contribution in [1.29, 1.82) is 0 Å². The number of nitrogens with one attached hydrogen (secondary N) is 1. The fraction of sp³-hybridized carbons (Fsp3) is 0.471. The molecule has 0 aliphatic heterocycles. The summed E-state index contributed by atoms with van der Waals surface area (Å²) < 4.78 is 6.42. The molecule has 3 unspecified atom stereocenters. The number of hydrogen-bond donors (Lipinski definition) is 1. The quantitative estimate of drug-likeness (QED) is 0.272. The molecule has 0 spiro atoms. The molecule has 6 rings (SSSR count). The number of aromatic nitrogens is 2. The summed E-state index contributed by atoms with van der Waals surface area (Å²) in [4.78, 5) is 23.6. The number of aromatic amines is 1. The van der Waals surface area contributed by atoms with Gasteiger partial charge in [0, 0.05) is 36.6 Å². The van der Waals surface area contributed by atoms with E-state index >= 15 is 0 Å². The zero-order valence-electron chi connectivity index (χ0n) is 24.0. The third-order valence-corrected chi connectivity index (χ3v) is 8.65. The third-order valence-electron chi connectivity index (χ3n) is 8.65. The highest BCUT2D eigenvalue weighted by Crippen LogP contribution is 2.53. The third kappa shape index (κ3) is 6.19. The van der Waals surface area contributed by atoms with E-state index in [1.165, 1.54) is 17.6 Å². The number of esters is 1. The molecule has 1 fully saturated rings. The number of ether oxygens (including phenoxy) is 1. The molecule has 1 aromatic heterocycles. The van der Waals surface area contributed by atoms with Crippen LogP contribution in [0.3, 0.4) is 0 Å². The maximum atomic E-state index is 12.9. The second-order valence-electron chi connectivity index (χ2n) is 11.9. The summed E-state index contributed by atoms with van der Waals surface area (Å²) in [6.07, 6.45) is 8.45. The zero-order valence-corrected chi connectivity index (χ0v) is 24.0. The fourth-order valence-electron chi connectivity index (χ4n) is 6.43. The van der Waals surface area contributed by atoms with Gasteiger partial charge in [-0.05, 0) is 63.3 Å². The molecule has 0 radical (unpaired) electrons. The molecule has 39 heavy (non-hydrogen) atoms. The maximum Gasteiger partial charge on any atom is 0.308 e. The van der Waals surface area contributed by atoms with Crippen molar-refractivity contribution in [1.82, 2.24) is 14.9 Å². The number of allylic oxidation sites excluding steroid dienone is 1. The Kier molecular flexibility index (Phi) is 8.37. The fourth-order valence-corrected chi connectivity index (χ4v) is 6.43. The van der Waals surface area contributed by atoms with Gasteiger partial charge in [0.1, 0.15) is 11.4 Å². The van der Waals surface area contributed by atoms with Gasteiger partial charge in [-0.15, -0.1) is 0 Å². The zero-order chi connectivity index (χ0) is 27.4. The van der Waals surface area contributed by atoms with E-state index in [9.17, 15) is 4.79 Å². The number of fused-ring (bicyclic) bond motifs is 2. The molecule has 0 amide bonds. The van der Waals surface area contributed by atoms with Gasteiger partial charge in [-0.25, -0.2) is 4.98 Å². The molecule has 3 aromatic rings. The Bertz CT molecular complexity index is 1280. The van der Waals surface area contributed by atoms with E-state index in [1.807, 2.05) is 19.9 Å². The standard InChI is InChI=1S/C34H43N3O2/c1-24(2)33(38)39-34(23-28-17-18-29(34)22-30(28)26-12-7-5-8-13-26)19-21-37(4)20-11-16-31-35-25(3)32(36-31)27-14-9-6-10-15-27/h5-10,12-15,22,24,28-29H,11,16-21,23H2,1-4H3,(H,35,36). The van der Waals surface area contributed by atoms with Gasteiger partial charge in [0.25, 0.3) is 0 Å². The molecule has 2 aromatic carbocycles. The second kappa shape index (κ2) is 11.9. The number of carbonyl (C=O) groups is 1. The largest absolute Gasteiger partial charge is 0.458 e. The van der Waals surface area contributed by atoms with Crippen molar-refractivity contribution in [2.75, 3.05) is 20.1 Å².